The lowest BCUT2D eigenvalue weighted by molar-refractivity contribution is 0.453. The molecule has 1 N–H and O–H groups in total. The van der Waals surface area contributed by atoms with Crippen LogP contribution >= 0.6 is 0 Å². The summed E-state index contributed by atoms with van der Waals surface area (Å²) in [6.07, 6.45) is 1.69. The third kappa shape index (κ3) is 1.88. The second kappa shape index (κ2) is 4.06. The van der Waals surface area contributed by atoms with E-state index in [1.165, 1.54) is 4.63 Å². The number of hydrogen-bond donors (Lipinski definition) is 1. The van der Waals surface area contributed by atoms with E-state index in [0.29, 0.717) is 17.4 Å². The van der Waals surface area contributed by atoms with Crippen LogP contribution in [0.2, 0.25) is 0 Å². The zero-order chi connectivity index (χ0) is 12.5. The molecule has 3 rings (SSSR count). The molecule has 3 aromatic heterocycles. The molecule has 8 nitrogen and oxygen atoms in total. The van der Waals surface area contributed by atoms with Crippen molar-refractivity contribution in [2.45, 2.75) is 19.9 Å². The number of nitrogens with zero attached hydrogens (tertiary/aromatic N) is 6. The lowest BCUT2D eigenvalue weighted by atomic mass is 10.3. The fraction of sp³-hybridized carbons (Fsp3) is 0.300. The number of fused-ring (bicyclic) bond motifs is 1. The van der Waals surface area contributed by atoms with Gasteiger partial charge >= 0.3 is 0 Å². The average Bonchev–Trinajstić information content (AvgIpc) is 2.96. The number of tetrazole rings is 1. The normalized spacial score (nSPS) is 12.8. The topological polar surface area (TPSA) is 94.0 Å². The van der Waals surface area contributed by atoms with E-state index in [1.54, 1.807) is 18.3 Å². The molecule has 0 aliphatic rings. The van der Waals surface area contributed by atoms with Crippen molar-refractivity contribution in [2.75, 3.05) is 5.32 Å². The predicted molar refractivity (Wildman–Crippen MR) is 61.9 cm³/mol. The molecular formula is C10H11N7O. The Bertz CT molecular complexity index is 673. The molecule has 0 aliphatic carbocycles. The highest BCUT2D eigenvalue weighted by Gasteiger charge is 2.12. The quantitative estimate of drug-likeness (QED) is 0.735. The van der Waals surface area contributed by atoms with Gasteiger partial charge in [0.1, 0.15) is 17.6 Å². The monoisotopic (exact) mass is 245 g/mol. The molecule has 1 unspecified atom stereocenters. The summed E-state index contributed by atoms with van der Waals surface area (Å²) in [5.41, 5.74) is 0.597. The van der Waals surface area contributed by atoms with E-state index < -0.39 is 0 Å². The molecular weight excluding hydrogens is 234 g/mol. The lowest BCUT2D eigenvalue weighted by Crippen LogP contribution is -2.10. The van der Waals surface area contributed by atoms with Crippen molar-refractivity contribution in [3.05, 3.63) is 30.0 Å². The summed E-state index contributed by atoms with van der Waals surface area (Å²) in [6, 6.07) is 3.50. The van der Waals surface area contributed by atoms with E-state index in [1.807, 2.05) is 13.8 Å². The van der Waals surface area contributed by atoms with E-state index in [0.717, 1.165) is 5.76 Å². The van der Waals surface area contributed by atoms with Gasteiger partial charge in [0, 0.05) is 0 Å². The zero-order valence-corrected chi connectivity index (χ0v) is 9.90. The second-order valence-electron chi connectivity index (χ2n) is 3.92. The van der Waals surface area contributed by atoms with Gasteiger partial charge in [-0.05, 0) is 36.4 Å². The maximum atomic E-state index is 5.44. The van der Waals surface area contributed by atoms with Crippen molar-refractivity contribution in [1.82, 2.24) is 30.2 Å². The maximum Gasteiger partial charge on any atom is 0.216 e. The SMILES string of the molecule is Cc1cnc(C(C)Nc2ccc3nnnn3n2)o1. The van der Waals surface area contributed by atoms with Gasteiger partial charge in [-0.15, -0.1) is 14.8 Å². The number of nitrogens with one attached hydrogen (secondary N) is 1. The van der Waals surface area contributed by atoms with Crippen molar-refractivity contribution in [1.29, 1.82) is 0 Å². The van der Waals surface area contributed by atoms with Crippen LogP contribution in [-0.4, -0.2) is 30.2 Å². The number of anilines is 1. The van der Waals surface area contributed by atoms with Crippen LogP contribution in [0.5, 0.6) is 0 Å². The molecule has 92 valence electrons. The lowest BCUT2D eigenvalue weighted by Gasteiger charge is -2.10. The van der Waals surface area contributed by atoms with Crippen LogP contribution in [0.25, 0.3) is 5.65 Å². The van der Waals surface area contributed by atoms with E-state index in [4.69, 9.17) is 4.42 Å². The summed E-state index contributed by atoms with van der Waals surface area (Å²) in [5, 5.41) is 18.4. The van der Waals surface area contributed by atoms with Crippen LogP contribution in [-0.2, 0) is 0 Å². The van der Waals surface area contributed by atoms with Crippen LogP contribution in [0.1, 0.15) is 24.6 Å². The number of hydrogen-bond acceptors (Lipinski definition) is 7. The minimum Gasteiger partial charge on any atom is -0.444 e. The fourth-order valence-corrected chi connectivity index (χ4v) is 1.58. The average molecular weight is 245 g/mol. The molecule has 3 aromatic rings. The second-order valence-corrected chi connectivity index (χ2v) is 3.92. The van der Waals surface area contributed by atoms with E-state index in [-0.39, 0.29) is 6.04 Å². The number of oxazole rings is 1. The Morgan fingerprint density at radius 1 is 1.39 bits per heavy atom. The molecule has 1 atom stereocenters. The van der Waals surface area contributed by atoms with E-state index >= 15 is 0 Å². The summed E-state index contributed by atoms with van der Waals surface area (Å²) in [6.45, 7) is 3.80. The van der Waals surface area contributed by atoms with Crippen LogP contribution in [0.4, 0.5) is 5.82 Å². The molecule has 0 fully saturated rings. The molecule has 8 heteroatoms. The Balaban J connectivity index is 1.83. The Morgan fingerprint density at radius 3 is 3.06 bits per heavy atom. The largest absolute Gasteiger partial charge is 0.444 e. The number of rotatable bonds is 3. The highest BCUT2D eigenvalue weighted by molar-refractivity contribution is 5.42. The van der Waals surface area contributed by atoms with Gasteiger partial charge in [-0.1, -0.05) is 0 Å². The van der Waals surface area contributed by atoms with Gasteiger partial charge in [0.05, 0.1) is 6.20 Å². The van der Waals surface area contributed by atoms with Crippen molar-refractivity contribution in [3.8, 4) is 0 Å². The van der Waals surface area contributed by atoms with Gasteiger partial charge in [0.25, 0.3) is 0 Å². The van der Waals surface area contributed by atoms with Gasteiger partial charge in [0.2, 0.25) is 5.89 Å². The smallest absolute Gasteiger partial charge is 0.216 e. The molecule has 3 heterocycles. The highest BCUT2D eigenvalue weighted by Crippen LogP contribution is 2.17. The third-order valence-electron chi connectivity index (χ3n) is 2.44. The van der Waals surface area contributed by atoms with Crippen molar-refractivity contribution in [3.63, 3.8) is 0 Å². The Kier molecular flexibility index (Phi) is 2.40. The van der Waals surface area contributed by atoms with Gasteiger partial charge in [-0.3, -0.25) is 0 Å². The molecule has 0 amide bonds. The first-order valence-corrected chi connectivity index (χ1v) is 5.46. The number of aryl methyl sites for hydroxylation is 1. The summed E-state index contributed by atoms with van der Waals surface area (Å²) in [7, 11) is 0. The van der Waals surface area contributed by atoms with E-state index in [9.17, 15) is 0 Å². The van der Waals surface area contributed by atoms with Crippen LogP contribution in [0.15, 0.2) is 22.7 Å². The molecule has 0 spiro atoms. The summed E-state index contributed by atoms with van der Waals surface area (Å²) >= 11 is 0. The van der Waals surface area contributed by atoms with Gasteiger partial charge in [0.15, 0.2) is 5.65 Å². The predicted octanol–water partition coefficient (Wildman–Crippen LogP) is 0.989. The van der Waals surface area contributed by atoms with Crippen molar-refractivity contribution >= 4 is 11.5 Å². The maximum absolute atomic E-state index is 5.44. The summed E-state index contributed by atoms with van der Waals surface area (Å²) in [4.78, 5) is 4.16. The van der Waals surface area contributed by atoms with Crippen LogP contribution in [0.3, 0.4) is 0 Å². The van der Waals surface area contributed by atoms with Crippen molar-refractivity contribution < 1.29 is 4.42 Å². The minimum absolute atomic E-state index is 0.0832. The van der Waals surface area contributed by atoms with Gasteiger partial charge in [-0.25, -0.2) is 4.98 Å². The summed E-state index contributed by atoms with van der Waals surface area (Å²) in [5.74, 6) is 2.05. The first-order chi connectivity index (χ1) is 8.72. The first-order valence-electron chi connectivity index (χ1n) is 5.46. The molecule has 0 saturated heterocycles. The van der Waals surface area contributed by atoms with Gasteiger partial charge < -0.3 is 9.73 Å². The highest BCUT2D eigenvalue weighted by atomic mass is 16.4. The molecule has 0 aliphatic heterocycles. The summed E-state index contributed by atoms with van der Waals surface area (Å²) < 4.78 is 6.80. The fourth-order valence-electron chi connectivity index (χ4n) is 1.58. The molecule has 0 aromatic carbocycles. The van der Waals surface area contributed by atoms with Crippen LogP contribution < -0.4 is 5.32 Å². The zero-order valence-electron chi connectivity index (χ0n) is 9.90. The number of aromatic nitrogens is 6. The molecule has 0 saturated carbocycles. The van der Waals surface area contributed by atoms with E-state index in [2.05, 4.69) is 30.9 Å². The Morgan fingerprint density at radius 2 is 2.28 bits per heavy atom. The third-order valence-corrected chi connectivity index (χ3v) is 2.44. The van der Waals surface area contributed by atoms with Gasteiger partial charge in [-0.2, -0.15) is 0 Å². The van der Waals surface area contributed by atoms with Crippen LogP contribution in [0, 0.1) is 6.92 Å². The molecule has 0 bridgehead atoms. The minimum atomic E-state index is -0.0832. The molecule has 0 radical (unpaired) electrons. The Hall–Kier alpha value is -2.51. The Labute approximate surface area is 102 Å². The van der Waals surface area contributed by atoms with Crippen molar-refractivity contribution in [2.24, 2.45) is 0 Å². The molecule has 18 heavy (non-hydrogen) atoms. The standard InChI is InChI=1S/C10H11N7O/c1-6-5-11-10(18-6)7(2)12-8-3-4-9-13-15-16-17(9)14-8/h3-5,7H,1-2H3,(H,12,14). The first kappa shape index (κ1) is 10.6.